The van der Waals surface area contributed by atoms with Crippen molar-refractivity contribution >= 4 is 34.4 Å². The van der Waals surface area contributed by atoms with E-state index in [1.807, 2.05) is 0 Å². The molecule has 4 aromatic rings. The van der Waals surface area contributed by atoms with Crippen LogP contribution in [0.3, 0.4) is 0 Å². The molecular weight excluding hydrogens is 551 g/mol. The van der Waals surface area contributed by atoms with E-state index in [1.165, 1.54) is 32.6 Å². The Kier molecular flexibility index (Phi) is 6.23. The number of halogens is 2. The van der Waals surface area contributed by atoms with Gasteiger partial charge in [0, 0.05) is 0 Å². The summed E-state index contributed by atoms with van der Waals surface area (Å²) in [6, 6.07) is 34.4. The number of benzene rings is 4. The maximum absolute atomic E-state index is 2.59. The molecule has 0 radical (unpaired) electrons. The first-order valence-electron chi connectivity index (χ1n) is 11.3. The fourth-order valence-electron chi connectivity index (χ4n) is 6.08. The van der Waals surface area contributed by atoms with Crippen LogP contribution in [-0.2, 0) is 24.7 Å². The van der Waals surface area contributed by atoms with Gasteiger partial charge in [-0.05, 0) is 0 Å². The summed E-state index contributed by atoms with van der Waals surface area (Å²) in [5.41, 5.74) is 9.16. The number of hydrogen-bond donors (Lipinski definition) is 0. The third-order valence-corrected chi connectivity index (χ3v) is 13.5. The second-order valence-electron chi connectivity index (χ2n) is 8.96. The zero-order valence-corrected chi connectivity index (χ0v) is 23.4. The van der Waals surface area contributed by atoms with Gasteiger partial charge in [-0.2, -0.15) is 0 Å². The molecule has 0 aromatic heterocycles. The van der Waals surface area contributed by atoms with Crippen LogP contribution in [0.5, 0.6) is 0 Å². The van der Waals surface area contributed by atoms with Crippen LogP contribution < -0.4 is 45.6 Å². The van der Waals surface area contributed by atoms with Crippen molar-refractivity contribution in [2.75, 3.05) is 0 Å². The van der Waals surface area contributed by atoms with Crippen molar-refractivity contribution in [3.8, 4) is 11.1 Å². The molecule has 0 spiro atoms. The van der Waals surface area contributed by atoms with E-state index >= 15 is 0 Å². The summed E-state index contributed by atoms with van der Waals surface area (Å²) in [6.45, 7) is 0. The number of allylic oxidation sites excluding steroid dienone is 4. The van der Waals surface area contributed by atoms with Crippen LogP contribution in [0.15, 0.2) is 109 Å². The normalized spacial score (nSPS) is 17.6. The van der Waals surface area contributed by atoms with Crippen molar-refractivity contribution in [1.29, 1.82) is 0 Å². The van der Waals surface area contributed by atoms with E-state index in [-0.39, 0.29) is 24.8 Å². The molecule has 1 heterocycles. The van der Waals surface area contributed by atoms with Gasteiger partial charge in [-0.15, -0.1) is 0 Å². The zero-order valence-electron chi connectivity index (χ0n) is 18.4. The Morgan fingerprint density at radius 3 is 1.97 bits per heavy atom. The van der Waals surface area contributed by atoms with E-state index in [9.17, 15) is 0 Å². The van der Waals surface area contributed by atoms with Crippen molar-refractivity contribution in [1.82, 2.24) is 0 Å². The van der Waals surface area contributed by atoms with E-state index in [0.29, 0.717) is 3.63 Å². The molecule has 1 aliphatic heterocycles. The Hall–Kier alpha value is -1.96. The molecule has 0 bridgehead atoms. The number of fused-ring (bicyclic) bond motifs is 4. The number of hydrogen-bond acceptors (Lipinski definition) is 0. The Morgan fingerprint density at radius 2 is 1.35 bits per heavy atom. The van der Waals surface area contributed by atoms with Crippen molar-refractivity contribution in [2.45, 2.75) is 10.0 Å². The topological polar surface area (TPSA) is 0 Å². The Balaban J connectivity index is 0.00000120. The van der Waals surface area contributed by atoms with Gasteiger partial charge in [0.2, 0.25) is 0 Å². The summed E-state index contributed by atoms with van der Waals surface area (Å²) in [5.74, 6) is 0. The van der Waals surface area contributed by atoms with Crippen LogP contribution >= 0.6 is 0 Å². The first-order valence-corrected chi connectivity index (χ1v) is 14.7. The molecule has 1 atom stereocenters. The van der Waals surface area contributed by atoms with Gasteiger partial charge in [0.25, 0.3) is 0 Å². The molecule has 0 N–H and O–H groups in total. The molecule has 4 aromatic carbocycles. The third kappa shape index (κ3) is 3.12. The molecule has 0 nitrogen and oxygen atoms in total. The second kappa shape index (κ2) is 8.92. The van der Waals surface area contributed by atoms with E-state index in [1.54, 1.807) is 46.2 Å². The van der Waals surface area contributed by atoms with Crippen molar-refractivity contribution in [3.63, 3.8) is 0 Å². The van der Waals surface area contributed by atoms with E-state index in [4.69, 9.17) is 0 Å². The molecular formula is C30H21Cl2SiZr. The standard InChI is InChI=1S/C30H21Si.2ClH.Zr/c1-3-14-23(15-4-1)31(24-16-5-2-6-17-24)28-20-26-25-18-10-9-13-22(25)19-27(26)29(30(28)31)21-11-7-8-12-21;;;/h1-11,13-20H,12H2;2*1H;/q;;;+2/p-2. The molecule has 34 heavy (non-hydrogen) atoms. The summed E-state index contributed by atoms with van der Waals surface area (Å²) in [4.78, 5) is 0. The van der Waals surface area contributed by atoms with Gasteiger partial charge < -0.3 is 24.8 Å². The summed E-state index contributed by atoms with van der Waals surface area (Å²) in [7, 11) is -2.11. The molecule has 0 amide bonds. The minimum atomic E-state index is -2.11. The second-order valence-corrected chi connectivity index (χ2v) is 14.1. The van der Waals surface area contributed by atoms with Crippen molar-refractivity contribution in [3.05, 3.63) is 126 Å². The monoisotopic (exact) mass is 569 g/mol. The van der Waals surface area contributed by atoms with Gasteiger partial charge in [-0.3, -0.25) is 0 Å². The minimum absolute atomic E-state index is 0. The molecule has 0 fully saturated rings. The average molecular weight is 572 g/mol. The molecule has 4 heteroatoms. The van der Waals surface area contributed by atoms with Crippen LogP contribution in [0.4, 0.5) is 0 Å². The Labute approximate surface area is 229 Å². The predicted molar refractivity (Wildman–Crippen MR) is 133 cm³/mol. The predicted octanol–water partition coefficient (Wildman–Crippen LogP) is -1.65. The molecule has 1 unspecified atom stereocenters. The Bertz CT molecular complexity index is 1420. The first kappa shape index (κ1) is 23.8. The van der Waals surface area contributed by atoms with Crippen molar-refractivity contribution < 1.29 is 49.5 Å². The van der Waals surface area contributed by atoms with Gasteiger partial charge in [0.15, 0.2) is 0 Å². The Morgan fingerprint density at radius 1 is 0.735 bits per heavy atom. The summed E-state index contributed by atoms with van der Waals surface area (Å²) >= 11 is 1.58. The van der Waals surface area contributed by atoms with Gasteiger partial charge in [-0.1, -0.05) is 0 Å². The summed E-state index contributed by atoms with van der Waals surface area (Å²) in [5, 5.41) is 6.33. The summed E-state index contributed by atoms with van der Waals surface area (Å²) in [6.07, 6.45) is 7.99. The van der Waals surface area contributed by atoms with Gasteiger partial charge >= 0.3 is 206 Å². The van der Waals surface area contributed by atoms with E-state index in [0.717, 1.165) is 6.42 Å². The van der Waals surface area contributed by atoms with Gasteiger partial charge in [-0.25, -0.2) is 0 Å². The zero-order chi connectivity index (χ0) is 21.3. The van der Waals surface area contributed by atoms with Crippen LogP contribution in [0.2, 0.25) is 0 Å². The molecule has 163 valence electrons. The molecule has 3 aliphatic rings. The van der Waals surface area contributed by atoms with Crippen LogP contribution in [-0.4, -0.2) is 8.07 Å². The van der Waals surface area contributed by atoms with Gasteiger partial charge in [0.05, 0.1) is 0 Å². The first-order chi connectivity index (χ1) is 15.8. The fraction of sp³-hybridized carbons (Fsp3) is 0.0667. The van der Waals surface area contributed by atoms with Crippen LogP contribution in [0, 0.1) is 0 Å². The molecule has 0 saturated heterocycles. The van der Waals surface area contributed by atoms with E-state index < -0.39 is 8.07 Å². The molecule has 2 aliphatic carbocycles. The fourth-order valence-corrected chi connectivity index (χ4v) is 12.6. The maximum atomic E-state index is 2.59. The summed E-state index contributed by atoms with van der Waals surface area (Å²) < 4.78 is 0.522. The van der Waals surface area contributed by atoms with E-state index in [2.05, 4.69) is 109 Å². The van der Waals surface area contributed by atoms with Crippen LogP contribution in [0.25, 0.3) is 16.7 Å². The van der Waals surface area contributed by atoms with Crippen LogP contribution in [0.1, 0.15) is 26.7 Å². The third-order valence-electron chi connectivity index (χ3n) is 7.44. The SMILES string of the molecule is [Cl-].[Cl-].[Zr+2][CH]1c2ccccc2-c2cc3c(c(C4=CC=CC4)c21)[Si]3(c1ccccc1)c1ccccc1. The molecule has 0 saturated carbocycles. The quantitative estimate of drug-likeness (QED) is 0.228. The van der Waals surface area contributed by atoms with Crippen molar-refractivity contribution in [2.24, 2.45) is 0 Å². The number of rotatable bonds is 3. The molecule has 7 rings (SSSR count). The average Bonchev–Trinajstić information content (AvgIpc) is 3.12. The van der Waals surface area contributed by atoms with Gasteiger partial charge in [0.1, 0.15) is 0 Å².